The van der Waals surface area contributed by atoms with E-state index < -0.39 is 5.82 Å². The number of carbonyl (C=O) groups excluding carboxylic acids is 1. The molecule has 1 amide bonds. The molecule has 1 saturated heterocycles. The molecule has 110 valence electrons. The molecule has 0 aromatic carbocycles. The molecule has 1 fully saturated rings. The van der Waals surface area contributed by atoms with E-state index >= 15 is 0 Å². The third-order valence-corrected chi connectivity index (χ3v) is 3.37. The molecule has 0 radical (unpaired) electrons. The lowest BCUT2D eigenvalue weighted by Gasteiger charge is -2.23. The van der Waals surface area contributed by atoms with Gasteiger partial charge in [0.05, 0.1) is 17.4 Å². The molecule has 2 rings (SSSR count). The van der Waals surface area contributed by atoms with Gasteiger partial charge < -0.3 is 15.4 Å². The summed E-state index contributed by atoms with van der Waals surface area (Å²) < 4.78 is 18.9. The quantitative estimate of drug-likeness (QED) is 0.866. The minimum atomic E-state index is -0.528. The number of nitrogens with zero attached hydrogens (tertiary/aromatic N) is 1. The second-order valence-corrected chi connectivity index (χ2v) is 5.16. The Bertz CT molecular complexity index is 487. The average Bonchev–Trinajstić information content (AvgIpc) is 2.86. The highest BCUT2D eigenvalue weighted by Crippen LogP contribution is 2.24. The first-order chi connectivity index (χ1) is 9.54. The number of hydrogen-bond acceptors (Lipinski definition) is 4. The smallest absolute Gasteiger partial charge is 0.255 e. The van der Waals surface area contributed by atoms with Gasteiger partial charge in [-0.05, 0) is 32.8 Å². The van der Waals surface area contributed by atoms with E-state index in [1.165, 1.54) is 6.07 Å². The Balaban J connectivity index is 2.06. The Morgan fingerprint density at radius 1 is 1.60 bits per heavy atom. The van der Waals surface area contributed by atoms with Crippen molar-refractivity contribution < 1.29 is 13.9 Å². The molecule has 1 aliphatic rings. The van der Waals surface area contributed by atoms with Crippen LogP contribution in [-0.4, -0.2) is 36.2 Å². The average molecular weight is 281 g/mol. The first-order valence-electron chi connectivity index (χ1n) is 6.86. The van der Waals surface area contributed by atoms with Crippen molar-refractivity contribution in [2.45, 2.75) is 32.3 Å². The first kappa shape index (κ1) is 14.7. The van der Waals surface area contributed by atoms with Crippen molar-refractivity contribution in [3.8, 4) is 0 Å². The summed E-state index contributed by atoms with van der Waals surface area (Å²) in [6, 6.07) is 1.19. The largest absolute Gasteiger partial charge is 0.373 e. The summed E-state index contributed by atoms with van der Waals surface area (Å²) in [5.41, 5.74) is -0.108. The van der Waals surface area contributed by atoms with Crippen molar-refractivity contribution in [1.82, 2.24) is 10.3 Å². The van der Waals surface area contributed by atoms with Crippen LogP contribution in [0.4, 0.5) is 10.2 Å². The lowest BCUT2D eigenvalue weighted by Crippen LogP contribution is -2.40. The van der Waals surface area contributed by atoms with Crippen LogP contribution in [0.15, 0.2) is 12.3 Å². The van der Waals surface area contributed by atoms with Crippen molar-refractivity contribution in [3.05, 3.63) is 23.6 Å². The zero-order valence-corrected chi connectivity index (χ0v) is 11.8. The van der Waals surface area contributed by atoms with Gasteiger partial charge in [0.1, 0.15) is 11.6 Å². The number of halogens is 1. The Morgan fingerprint density at radius 3 is 3.05 bits per heavy atom. The monoisotopic (exact) mass is 281 g/mol. The minimum Gasteiger partial charge on any atom is -0.373 e. The van der Waals surface area contributed by atoms with Crippen LogP contribution in [0.1, 0.15) is 37.0 Å². The molecule has 1 aromatic rings. The van der Waals surface area contributed by atoms with E-state index in [4.69, 9.17) is 4.74 Å². The molecule has 0 aliphatic carbocycles. The SMILES string of the molecule is CCNc1ncc(F)cc1C(=O)NCC1(C)CCCO1. The Hall–Kier alpha value is -1.69. The maximum absolute atomic E-state index is 13.3. The molecule has 1 aromatic heterocycles. The van der Waals surface area contributed by atoms with Crippen LogP contribution in [0.2, 0.25) is 0 Å². The maximum atomic E-state index is 13.3. The van der Waals surface area contributed by atoms with Gasteiger partial charge >= 0.3 is 0 Å². The van der Waals surface area contributed by atoms with Gasteiger partial charge in [-0.15, -0.1) is 0 Å². The van der Waals surface area contributed by atoms with Gasteiger partial charge in [-0.3, -0.25) is 4.79 Å². The number of rotatable bonds is 5. The van der Waals surface area contributed by atoms with Crippen LogP contribution in [-0.2, 0) is 4.74 Å². The van der Waals surface area contributed by atoms with Gasteiger partial charge in [-0.1, -0.05) is 0 Å². The Morgan fingerprint density at radius 2 is 2.40 bits per heavy atom. The molecule has 2 N–H and O–H groups in total. The summed E-state index contributed by atoms with van der Waals surface area (Å²) in [4.78, 5) is 16.1. The second-order valence-electron chi connectivity index (χ2n) is 5.16. The molecular weight excluding hydrogens is 261 g/mol. The normalized spacial score (nSPS) is 21.8. The third-order valence-electron chi connectivity index (χ3n) is 3.37. The van der Waals surface area contributed by atoms with Gasteiger partial charge in [-0.25, -0.2) is 9.37 Å². The molecule has 2 heterocycles. The first-order valence-corrected chi connectivity index (χ1v) is 6.86. The Kier molecular flexibility index (Phi) is 4.54. The molecule has 0 saturated carbocycles. The molecule has 1 unspecified atom stereocenters. The van der Waals surface area contributed by atoms with Crippen LogP contribution in [0.3, 0.4) is 0 Å². The van der Waals surface area contributed by atoms with Gasteiger partial charge in [0.15, 0.2) is 0 Å². The van der Waals surface area contributed by atoms with Crippen molar-refractivity contribution in [2.24, 2.45) is 0 Å². The van der Waals surface area contributed by atoms with Crippen molar-refractivity contribution in [2.75, 3.05) is 25.0 Å². The van der Waals surface area contributed by atoms with Gasteiger partial charge in [0.2, 0.25) is 0 Å². The van der Waals surface area contributed by atoms with Crippen LogP contribution < -0.4 is 10.6 Å². The fourth-order valence-corrected chi connectivity index (χ4v) is 2.26. The molecule has 20 heavy (non-hydrogen) atoms. The molecule has 1 aliphatic heterocycles. The van der Waals surface area contributed by atoms with Crippen LogP contribution in [0.5, 0.6) is 0 Å². The summed E-state index contributed by atoms with van der Waals surface area (Å²) in [7, 11) is 0. The standard InChI is InChI=1S/C14H20FN3O2/c1-3-16-12-11(7-10(15)8-17-12)13(19)18-9-14(2)5-4-6-20-14/h7-8H,3-6,9H2,1-2H3,(H,16,17)(H,18,19). The third kappa shape index (κ3) is 3.45. The number of ether oxygens (including phenoxy) is 1. The number of amides is 1. The molecule has 0 spiro atoms. The number of anilines is 1. The Labute approximate surface area is 117 Å². The van der Waals surface area contributed by atoms with E-state index in [0.29, 0.717) is 18.9 Å². The van der Waals surface area contributed by atoms with Crippen LogP contribution in [0, 0.1) is 5.82 Å². The molecular formula is C14H20FN3O2. The topological polar surface area (TPSA) is 63.2 Å². The highest BCUT2D eigenvalue weighted by Gasteiger charge is 2.30. The van der Waals surface area contributed by atoms with Gasteiger partial charge in [0, 0.05) is 19.7 Å². The maximum Gasteiger partial charge on any atom is 0.255 e. The number of pyridine rings is 1. The summed E-state index contributed by atoms with van der Waals surface area (Å²) in [5.74, 6) is -0.478. The number of carbonyl (C=O) groups is 1. The van der Waals surface area contributed by atoms with Gasteiger partial charge in [0.25, 0.3) is 5.91 Å². The van der Waals surface area contributed by atoms with Gasteiger partial charge in [-0.2, -0.15) is 0 Å². The molecule has 5 nitrogen and oxygen atoms in total. The molecule has 1 atom stereocenters. The zero-order valence-electron chi connectivity index (χ0n) is 11.8. The predicted molar refractivity (Wildman–Crippen MR) is 74.3 cm³/mol. The lowest BCUT2D eigenvalue weighted by atomic mass is 10.0. The molecule has 6 heteroatoms. The van der Waals surface area contributed by atoms with E-state index in [2.05, 4.69) is 15.6 Å². The fraction of sp³-hybridized carbons (Fsp3) is 0.571. The van der Waals surface area contributed by atoms with Crippen molar-refractivity contribution in [3.63, 3.8) is 0 Å². The van der Waals surface area contributed by atoms with E-state index in [0.717, 1.165) is 25.6 Å². The summed E-state index contributed by atoms with van der Waals surface area (Å²) >= 11 is 0. The van der Waals surface area contributed by atoms with Crippen LogP contribution in [0.25, 0.3) is 0 Å². The number of nitrogens with one attached hydrogen (secondary N) is 2. The summed E-state index contributed by atoms with van der Waals surface area (Å²) in [6.07, 6.45) is 3.00. The second kappa shape index (κ2) is 6.17. The van der Waals surface area contributed by atoms with E-state index in [1.807, 2.05) is 13.8 Å². The summed E-state index contributed by atoms with van der Waals surface area (Å²) in [5, 5.41) is 5.75. The highest BCUT2D eigenvalue weighted by atomic mass is 19.1. The zero-order chi connectivity index (χ0) is 14.6. The summed E-state index contributed by atoms with van der Waals surface area (Å²) in [6.45, 7) is 5.60. The molecule has 0 bridgehead atoms. The fourth-order valence-electron chi connectivity index (χ4n) is 2.26. The predicted octanol–water partition coefficient (Wildman–Crippen LogP) is 1.95. The van der Waals surface area contributed by atoms with E-state index in [1.54, 1.807) is 0 Å². The van der Waals surface area contributed by atoms with Crippen LogP contribution >= 0.6 is 0 Å². The highest BCUT2D eigenvalue weighted by molar-refractivity contribution is 5.98. The number of aromatic nitrogens is 1. The minimum absolute atomic E-state index is 0.216. The van der Waals surface area contributed by atoms with E-state index in [9.17, 15) is 9.18 Å². The van der Waals surface area contributed by atoms with Crippen molar-refractivity contribution >= 4 is 11.7 Å². The number of hydrogen-bond donors (Lipinski definition) is 2. The van der Waals surface area contributed by atoms with E-state index in [-0.39, 0.29) is 17.1 Å². The lowest BCUT2D eigenvalue weighted by molar-refractivity contribution is 0.0206. The van der Waals surface area contributed by atoms with Crippen molar-refractivity contribution in [1.29, 1.82) is 0 Å².